The van der Waals surface area contributed by atoms with E-state index in [2.05, 4.69) is 26.0 Å². The van der Waals surface area contributed by atoms with Crippen molar-refractivity contribution >= 4 is 0 Å². The highest BCUT2D eigenvalue weighted by Gasteiger charge is 1.90. The van der Waals surface area contributed by atoms with Gasteiger partial charge < -0.3 is 4.74 Å². The molecule has 14 heavy (non-hydrogen) atoms. The molecule has 0 heterocycles. The fourth-order valence-corrected chi connectivity index (χ4v) is 0.872. The lowest BCUT2D eigenvalue weighted by Crippen LogP contribution is -1.92. The van der Waals surface area contributed by atoms with Crippen LogP contribution in [0.2, 0.25) is 0 Å². The molecular formula is C13H22O. The maximum atomic E-state index is 5.57. The van der Waals surface area contributed by atoms with Gasteiger partial charge >= 0.3 is 0 Å². The molecule has 0 amide bonds. The molecule has 0 saturated heterocycles. The molecule has 0 spiro atoms. The molecule has 0 fully saturated rings. The van der Waals surface area contributed by atoms with Gasteiger partial charge in [-0.25, -0.2) is 0 Å². The molecule has 1 nitrogen and oxygen atoms in total. The number of unbranched alkanes of at least 4 members (excludes halogenated alkanes) is 1. The van der Waals surface area contributed by atoms with Crippen molar-refractivity contribution in [2.45, 2.75) is 40.5 Å². The smallest absolute Gasteiger partial charge is 0.115 e. The van der Waals surface area contributed by atoms with Gasteiger partial charge in [0.15, 0.2) is 0 Å². The van der Waals surface area contributed by atoms with Crippen molar-refractivity contribution in [3.05, 3.63) is 35.6 Å². The number of rotatable bonds is 6. The zero-order valence-electron chi connectivity index (χ0n) is 9.84. The third-order valence-electron chi connectivity index (χ3n) is 2.02. The fourth-order valence-electron chi connectivity index (χ4n) is 0.872. The van der Waals surface area contributed by atoms with E-state index < -0.39 is 0 Å². The largest absolute Gasteiger partial charge is 0.494 e. The van der Waals surface area contributed by atoms with Crippen LogP contribution in [-0.2, 0) is 4.74 Å². The number of hydrogen-bond donors (Lipinski definition) is 0. The van der Waals surface area contributed by atoms with Gasteiger partial charge in [-0.05, 0) is 39.3 Å². The van der Waals surface area contributed by atoms with Crippen LogP contribution >= 0.6 is 0 Å². The minimum Gasteiger partial charge on any atom is -0.494 e. The third kappa shape index (κ3) is 6.53. The standard InChI is InChI=1S/C13H22O/c1-5-8-11-14-13(7-3)10-9-12(4)6-2/h6-7,9-10H,5,8,11H2,1-4H3/b10-9-,12-6-,13-7+. The zero-order valence-corrected chi connectivity index (χ0v) is 9.84. The van der Waals surface area contributed by atoms with Gasteiger partial charge in [-0.3, -0.25) is 0 Å². The molecule has 0 bridgehead atoms. The summed E-state index contributed by atoms with van der Waals surface area (Å²) in [5, 5.41) is 0. The van der Waals surface area contributed by atoms with E-state index in [1.165, 1.54) is 12.0 Å². The summed E-state index contributed by atoms with van der Waals surface area (Å²) in [5.41, 5.74) is 1.25. The Bertz CT molecular complexity index is 221. The van der Waals surface area contributed by atoms with Crippen LogP contribution in [0.15, 0.2) is 35.6 Å². The Balaban J connectivity index is 3.98. The number of ether oxygens (including phenoxy) is 1. The molecule has 0 radical (unpaired) electrons. The quantitative estimate of drug-likeness (QED) is 0.349. The SMILES string of the molecule is C\C=C(C)/C=C\C(=C/C)OCCCC. The Morgan fingerprint density at radius 3 is 2.36 bits per heavy atom. The molecule has 0 rings (SSSR count). The number of allylic oxidation sites excluding steroid dienone is 5. The number of hydrogen-bond acceptors (Lipinski definition) is 1. The molecule has 0 unspecified atom stereocenters. The third-order valence-corrected chi connectivity index (χ3v) is 2.02. The molecule has 0 aliphatic heterocycles. The minimum atomic E-state index is 0.815. The van der Waals surface area contributed by atoms with Gasteiger partial charge in [0.1, 0.15) is 5.76 Å². The van der Waals surface area contributed by atoms with E-state index in [0.29, 0.717) is 0 Å². The molecule has 0 aromatic heterocycles. The highest BCUT2D eigenvalue weighted by molar-refractivity contribution is 5.22. The van der Waals surface area contributed by atoms with Crippen molar-refractivity contribution in [3.8, 4) is 0 Å². The summed E-state index contributed by atoms with van der Waals surface area (Å²) in [6, 6.07) is 0. The van der Waals surface area contributed by atoms with Crippen molar-refractivity contribution in [1.29, 1.82) is 0 Å². The van der Waals surface area contributed by atoms with Crippen LogP contribution in [-0.4, -0.2) is 6.61 Å². The molecule has 0 aromatic carbocycles. The highest BCUT2D eigenvalue weighted by Crippen LogP contribution is 2.04. The van der Waals surface area contributed by atoms with Crippen molar-refractivity contribution in [2.75, 3.05) is 6.61 Å². The van der Waals surface area contributed by atoms with Crippen molar-refractivity contribution in [1.82, 2.24) is 0 Å². The van der Waals surface area contributed by atoms with Gasteiger partial charge in [-0.15, -0.1) is 0 Å². The molecular weight excluding hydrogens is 172 g/mol. The van der Waals surface area contributed by atoms with Crippen molar-refractivity contribution in [3.63, 3.8) is 0 Å². The second kappa shape index (κ2) is 8.61. The lowest BCUT2D eigenvalue weighted by atomic mass is 10.2. The van der Waals surface area contributed by atoms with Crippen molar-refractivity contribution in [2.24, 2.45) is 0 Å². The van der Waals surface area contributed by atoms with Crippen LogP contribution in [0.5, 0.6) is 0 Å². The normalized spacial score (nSPS) is 13.7. The minimum absolute atomic E-state index is 0.815. The average Bonchev–Trinajstić information content (AvgIpc) is 2.22. The first-order valence-corrected chi connectivity index (χ1v) is 5.34. The second-order valence-corrected chi connectivity index (χ2v) is 3.26. The van der Waals surface area contributed by atoms with Crippen LogP contribution in [0.4, 0.5) is 0 Å². The molecule has 80 valence electrons. The van der Waals surface area contributed by atoms with E-state index in [-0.39, 0.29) is 0 Å². The summed E-state index contributed by atoms with van der Waals surface area (Å²) in [7, 11) is 0. The van der Waals surface area contributed by atoms with Gasteiger partial charge in [-0.1, -0.05) is 31.1 Å². The van der Waals surface area contributed by atoms with E-state index >= 15 is 0 Å². The lowest BCUT2D eigenvalue weighted by molar-refractivity contribution is 0.219. The van der Waals surface area contributed by atoms with Gasteiger partial charge in [0.25, 0.3) is 0 Å². The molecule has 0 N–H and O–H groups in total. The van der Waals surface area contributed by atoms with Crippen LogP contribution < -0.4 is 0 Å². The Morgan fingerprint density at radius 2 is 1.86 bits per heavy atom. The lowest BCUT2D eigenvalue weighted by Gasteiger charge is -2.05. The summed E-state index contributed by atoms with van der Waals surface area (Å²) >= 11 is 0. The molecule has 0 saturated carbocycles. The highest BCUT2D eigenvalue weighted by atomic mass is 16.5. The predicted molar refractivity (Wildman–Crippen MR) is 63.2 cm³/mol. The Hall–Kier alpha value is -0.980. The Kier molecular flexibility index (Phi) is 8.01. The fraction of sp³-hybridized carbons (Fsp3) is 0.538. The van der Waals surface area contributed by atoms with Crippen LogP contribution in [0, 0.1) is 0 Å². The summed E-state index contributed by atoms with van der Waals surface area (Å²) in [5.74, 6) is 0.958. The topological polar surface area (TPSA) is 9.23 Å². The van der Waals surface area contributed by atoms with Crippen LogP contribution in [0.1, 0.15) is 40.5 Å². The predicted octanol–water partition coefficient (Wildman–Crippen LogP) is 4.23. The Morgan fingerprint density at radius 1 is 1.14 bits per heavy atom. The zero-order chi connectivity index (χ0) is 10.8. The van der Waals surface area contributed by atoms with Crippen LogP contribution in [0.25, 0.3) is 0 Å². The van der Waals surface area contributed by atoms with E-state index in [0.717, 1.165) is 18.8 Å². The van der Waals surface area contributed by atoms with Crippen LogP contribution in [0.3, 0.4) is 0 Å². The molecule has 0 aliphatic carbocycles. The average molecular weight is 194 g/mol. The molecule has 0 atom stereocenters. The van der Waals surface area contributed by atoms with Gasteiger partial charge in [0.05, 0.1) is 6.61 Å². The first-order valence-electron chi connectivity index (χ1n) is 5.34. The Labute approximate surface area is 88.2 Å². The van der Waals surface area contributed by atoms with Crippen molar-refractivity contribution < 1.29 is 4.74 Å². The summed E-state index contributed by atoms with van der Waals surface area (Å²) < 4.78 is 5.57. The summed E-state index contributed by atoms with van der Waals surface area (Å²) in [6.07, 6.45) is 10.5. The second-order valence-electron chi connectivity index (χ2n) is 3.26. The first kappa shape index (κ1) is 13.0. The molecule has 0 aromatic rings. The van der Waals surface area contributed by atoms with Gasteiger partial charge in [0, 0.05) is 0 Å². The monoisotopic (exact) mass is 194 g/mol. The van der Waals surface area contributed by atoms with E-state index in [9.17, 15) is 0 Å². The van der Waals surface area contributed by atoms with E-state index in [4.69, 9.17) is 4.74 Å². The summed E-state index contributed by atoms with van der Waals surface area (Å²) in [6.45, 7) is 9.09. The molecule has 1 heteroatoms. The molecule has 0 aliphatic rings. The maximum absolute atomic E-state index is 5.57. The maximum Gasteiger partial charge on any atom is 0.115 e. The van der Waals surface area contributed by atoms with Gasteiger partial charge in [-0.2, -0.15) is 0 Å². The van der Waals surface area contributed by atoms with E-state index in [1.807, 2.05) is 26.0 Å². The summed E-state index contributed by atoms with van der Waals surface area (Å²) in [4.78, 5) is 0. The first-order chi connectivity index (χ1) is 6.74. The van der Waals surface area contributed by atoms with Gasteiger partial charge in [0.2, 0.25) is 0 Å². The van der Waals surface area contributed by atoms with E-state index in [1.54, 1.807) is 0 Å².